The van der Waals surface area contributed by atoms with E-state index in [1.807, 2.05) is 0 Å². The molecule has 0 unspecified atom stereocenters. The van der Waals surface area contributed by atoms with Crippen LogP contribution in [0.3, 0.4) is 0 Å². The van der Waals surface area contributed by atoms with Gasteiger partial charge in [0.05, 0.1) is 6.20 Å². The summed E-state index contributed by atoms with van der Waals surface area (Å²) in [5.41, 5.74) is 5.39. The summed E-state index contributed by atoms with van der Waals surface area (Å²) in [6.45, 7) is 0. The van der Waals surface area contributed by atoms with Gasteiger partial charge in [0.1, 0.15) is 28.2 Å². The Morgan fingerprint density at radius 2 is 1.91 bits per heavy atom. The molecule has 0 saturated heterocycles. The number of hydrogen-bond acceptors (Lipinski definition) is 7. The van der Waals surface area contributed by atoms with E-state index in [4.69, 9.17) is 22.1 Å². The molecule has 0 radical (unpaired) electrons. The second-order valence-corrected chi connectivity index (χ2v) is 7.22. The zero-order chi connectivity index (χ0) is 23.5. The number of nitrogens with zero attached hydrogens (tertiary/aromatic N) is 4. The third kappa shape index (κ3) is 4.80. The van der Waals surface area contributed by atoms with Crippen molar-refractivity contribution >= 4 is 29.1 Å². The van der Waals surface area contributed by atoms with Crippen molar-refractivity contribution in [3.05, 3.63) is 87.8 Å². The Morgan fingerprint density at radius 3 is 2.61 bits per heavy atom. The number of anilines is 2. The molecule has 0 fully saturated rings. The molecule has 9 nitrogen and oxygen atoms in total. The summed E-state index contributed by atoms with van der Waals surface area (Å²) >= 11 is 6.06. The molecule has 0 aliphatic rings. The van der Waals surface area contributed by atoms with Gasteiger partial charge in [-0.25, -0.2) is 14.4 Å². The fourth-order valence-corrected chi connectivity index (χ4v) is 3.08. The predicted octanol–water partition coefficient (Wildman–Crippen LogP) is 3.66. The number of carbonyl (C=O) groups is 1. The number of nitrogens with two attached hydrogens (primary N) is 1. The highest BCUT2D eigenvalue weighted by Gasteiger charge is 2.18. The van der Waals surface area contributed by atoms with E-state index in [-0.39, 0.29) is 27.9 Å². The molecule has 3 heterocycles. The van der Waals surface area contributed by atoms with E-state index >= 15 is 0 Å². The van der Waals surface area contributed by atoms with Crippen LogP contribution in [0.4, 0.5) is 16.0 Å². The van der Waals surface area contributed by atoms with E-state index in [0.29, 0.717) is 17.1 Å². The first-order valence-electron chi connectivity index (χ1n) is 9.51. The quantitative estimate of drug-likeness (QED) is 0.459. The standard InChI is InChI=1S/C22H16ClFN6O3/c1-30-11-15(12-2-4-13(24)5-3-12)20(31)19(29-30)22(32)28-17-7-6-14(10-27-17)33-16-8-9-26-21(25)18(16)23/h2-11H,1H3,(H2,25,26)(H,27,28,32). The minimum atomic E-state index is -0.745. The maximum atomic E-state index is 13.2. The normalized spacial score (nSPS) is 10.6. The van der Waals surface area contributed by atoms with Crippen molar-refractivity contribution in [3.63, 3.8) is 0 Å². The number of aryl methyl sites for hydroxylation is 1. The lowest BCUT2D eigenvalue weighted by atomic mass is 10.1. The monoisotopic (exact) mass is 466 g/mol. The summed E-state index contributed by atoms with van der Waals surface area (Å²) in [6, 6.07) is 9.96. The minimum absolute atomic E-state index is 0.128. The topological polar surface area (TPSA) is 125 Å². The molecule has 0 atom stereocenters. The van der Waals surface area contributed by atoms with Crippen LogP contribution in [-0.2, 0) is 7.05 Å². The van der Waals surface area contributed by atoms with Crippen LogP contribution in [0.2, 0.25) is 5.02 Å². The Morgan fingerprint density at radius 1 is 1.15 bits per heavy atom. The van der Waals surface area contributed by atoms with E-state index in [2.05, 4.69) is 20.4 Å². The highest BCUT2D eigenvalue weighted by molar-refractivity contribution is 6.34. The van der Waals surface area contributed by atoms with Crippen molar-refractivity contribution in [1.29, 1.82) is 0 Å². The van der Waals surface area contributed by atoms with E-state index < -0.39 is 17.2 Å². The van der Waals surface area contributed by atoms with Gasteiger partial charge in [-0.05, 0) is 29.8 Å². The molecule has 0 aliphatic carbocycles. The van der Waals surface area contributed by atoms with Gasteiger partial charge in [-0.15, -0.1) is 0 Å². The first-order chi connectivity index (χ1) is 15.8. The third-order valence-corrected chi connectivity index (χ3v) is 4.87. The molecule has 1 aromatic carbocycles. The Hall–Kier alpha value is -4.31. The summed E-state index contributed by atoms with van der Waals surface area (Å²) in [7, 11) is 1.57. The molecule has 166 valence electrons. The molecule has 0 bridgehead atoms. The van der Waals surface area contributed by atoms with Gasteiger partial charge < -0.3 is 15.8 Å². The van der Waals surface area contributed by atoms with Crippen molar-refractivity contribution in [1.82, 2.24) is 19.7 Å². The van der Waals surface area contributed by atoms with E-state index in [1.165, 1.54) is 53.6 Å². The highest BCUT2D eigenvalue weighted by atomic mass is 35.5. The fraction of sp³-hybridized carbons (Fsp3) is 0.0455. The van der Waals surface area contributed by atoms with Crippen LogP contribution in [0.5, 0.6) is 11.5 Å². The molecule has 11 heteroatoms. The molecule has 4 aromatic rings. The summed E-state index contributed by atoms with van der Waals surface area (Å²) < 4.78 is 20.2. The van der Waals surface area contributed by atoms with Crippen LogP contribution in [0.1, 0.15) is 10.5 Å². The van der Waals surface area contributed by atoms with Gasteiger partial charge in [0.15, 0.2) is 11.4 Å². The lowest BCUT2D eigenvalue weighted by molar-refractivity contribution is 0.101. The predicted molar refractivity (Wildman–Crippen MR) is 121 cm³/mol. The number of ether oxygens (including phenoxy) is 1. The maximum absolute atomic E-state index is 13.2. The van der Waals surface area contributed by atoms with Gasteiger partial charge in [0.2, 0.25) is 5.43 Å². The number of amides is 1. The maximum Gasteiger partial charge on any atom is 0.281 e. The summed E-state index contributed by atoms with van der Waals surface area (Å²) in [6.07, 6.45) is 4.28. The molecule has 3 N–H and O–H groups in total. The Labute approximate surface area is 191 Å². The van der Waals surface area contributed by atoms with Crippen LogP contribution >= 0.6 is 11.6 Å². The van der Waals surface area contributed by atoms with Crippen LogP contribution in [0, 0.1) is 5.82 Å². The molecule has 0 aliphatic heterocycles. The van der Waals surface area contributed by atoms with Gasteiger partial charge in [-0.3, -0.25) is 14.3 Å². The SMILES string of the molecule is Cn1cc(-c2ccc(F)cc2)c(=O)c(C(=O)Nc2ccc(Oc3ccnc(N)c3Cl)cn2)n1. The molecular weight excluding hydrogens is 451 g/mol. The van der Waals surface area contributed by atoms with Crippen molar-refractivity contribution in [2.45, 2.75) is 0 Å². The molecule has 0 saturated carbocycles. The minimum Gasteiger partial charge on any atom is -0.454 e. The lowest BCUT2D eigenvalue weighted by Crippen LogP contribution is -2.27. The Bertz CT molecular complexity index is 1390. The Balaban J connectivity index is 1.54. The van der Waals surface area contributed by atoms with Gasteiger partial charge in [-0.1, -0.05) is 23.7 Å². The fourth-order valence-electron chi connectivity index (χ4n) is 2.93. The molecule has 1 amide bonds. The van der Waals surface area contributed by atoms with Crippen molar-refractivity contribution in [3.8, 4) is 22.6 Å². The van der Waals surface area contributed by atoms with Crippen molar-refractivity contribution in [2.75, 3.05) is 11.1 Å². The average molecular weight is 467 g/mol. The number of pyridine rings is 2. The number of aromatic nitrogens is 4. The molecular formula is C22H16ClFN6O3. The number of benzene rings is 1. The lowest BCUT2D eigenvalue weighted by Gasteiger charge is -2.10. The summed E-state index contributed by atoms with van der Waals surface area (Å²) in [5, 5.41) is 6.69. The number of rotatable bonds is 5. The number of nitrogens with one attached hydrogen (secondary N) is 1. The van der Waals surface area contributed by atoms with Gasteiger partial charge >= 0.3 is 0 Å². The first kappa shape index (κ1) is 21.9. The van der Waals surface area contributed by atoms with Crippen LogP contribution in [0.15, 0.2) is 65.8 Å². The third-order valence-electron chi connectivity index (χ3n) is 4.49. The van der Waals surface area contributed by atoms with Gasteiger partial charge in [-0.2, -0.15) is 5.10 Å². The molecule has 3 aromatic heterocycles. The number of halogens is 2. The summed E-state index contributed by atoms with van der Waals surface area (Å²) in [4.78, 5) is 33.5. The largest absolute Gasteiger partial charge is 0.454 e. The van der Waals surface area contributed by atoms with E-state index in [1.54, 1.807) is 19.2 Å². The molecule has 33 heavy (non-hydrogen) atoms. The second kappa shape index (κ2) is 9.05. The zero-order valence-electron chi connectivity index (χ0n) is 17.1. The average Bonchev–Trinajstić information content (AvgIpc) is 2.80. The molecule has 4 rings (SSSR count). The Kier molecular flexibility index (Phi) is 6.01. The van der Waals surface area contributed by atoms with Crippen LogP contribution < -0.4 is 21.2 Å². The van der Waals surface area contributed by atoms with Crippen molar-refractivity contribution in [2.24, 2.45) is 7.05 Å². The number of nitrogen functional groups attached to an aromatic ring is 1. The van der Waals surface area contributed by atoms with Gasteiger partial charge in [0.25, 0.3) is 5.91 Å². The van der Waals surface area contributed by atoms with Crippen LogP contribution in [0.25, 0.3) is 11.1 Å². The summed E-state index contributed by atoms with van der Waals surface area (Å²) in [5.74, 6) is -0.242. The van der Waals surface area contributed by atoms with E-state index in [9.17, 15) is 14.0 Å². The smallest absolute Gasteiger partial charge is 0.281 e. The number of carbonyl (C=O) groups excluding carboxylic acids is 1. The van der Waals surface area contributed by atoms with Crippen molar-refractivity contribution < 1.29 is 13.9 Å². The van der Waals surface area contributed by atoms with Gasteiger partial charge in [0, 0.05) is 31.1 Å². The van der Waals surface area contributed by atoms with Crippen LogP contribution in [-0.4, -0.2) is 25.7 Å². The number of hydrogen-bond donors (Lipinski definition) is 2. The molecule has 0 spiro atoms. The van der Waals surface area contributed by atoms with E-state index in [0.717, 1.165) is 0 Å². The second-order valence-electron chi connectivity index (χ2n) is 6.84. The highest BCUT2D eigenvalue weighted by Crippen LogP contribution is 2.32. The first-order valence-corrected chi connectivity index (χ1v) is 9.89. The zero-order valence-corrected chi connectivity index (χ0v) is 17.9.